The molecule has 4 heteroatoms. The van der Waals surface area contributed by atoms with E-state index in [0.717, 1.165) is 31.2 Å². The molecule has 3 nitrogen and oxygen atoms in total. The summed E-state index contributed by atoms with van der Waals surface area (Å²) in [4.78, 5) is 0. The molecule has 2 aliphatic heterocycles. The van der Waals surface area contributed by atoms with Crippen molar-refractivity contribution < 1.29 is 14.2 Å². The monoisotopic (exact) mass is 250 g/mol. The summed E-state index contributed by atoms with van der Waals surface area (Å²) in [6.45, 7) is 1.40. The number of ether oxygens (including phenoxy) is 3. The van der Waals surface area contributed by atoms with Gasteiger partial charge < -0.3 is 14.2 Å². The van der Waals surface area contributed by atoms with Crippen molar-refractivity contribution in [2.75, 3.05) is 18.5 Å². The molecule has 2 rings (SSSR count). The first-order chi connectivity index (χ1) is 6.35. The fraction of sp³-hybridized carbons (Fsp3) is 1.00. The zero-order valence-electron chi connectivity index (χ0n) is 7.63. The first-order valence-electron chi connectivity index (χ1n) is 4.86. The van der Waals surface area contributed by atoms with E-state index in [2.05, 4.69) is 15.9 Å². The van der Waals surface area contributed by atoms with E-state index in [1.165, 1.54) is 6.42 Å². The highest BCUT2D eigenvalue weighted by molar-refractivity contribution is 9.09. The lowest BCUT2D eigenvalue weighted by molar-refractivity contribution is -0.335. The predicted octanol–water partition coefficient (Wildman–Crippen LogP) is 2.04. The molecule has 0 aliphatic carbocycles. The zero-order chi connectivity index (χ0) is 9.15. The Bertz CT molecular complexity index is 166. The topological polar surface area (TPSA) is 27.7 Å². The van der Waals surface area contributed by atoms with Crippen molar-refractivity contribution in [3.8, 4) is 0 Å². The van der Waals surface area contributed by atoms with Gasteiger partial charge in [-0.05, 0) is 12.8 Å². The Hall–Kier alpha value is 0.360. The maximum Gasteiger partial charge on any atom is 0.283 e. The minimum absolute atomic E-state index is 0.151. The molecule has 0 aromatic carbocycles. The Morgan fingerprint density at radius 3 is 2.92 bits per heavy atom. The zero-order valence-corrected chi connectivity index (χ0v) is 9.22. The van der Waals surface area contributed by atoms with Crippen LogP contribution >= 0.6 is 15.9 Å². The van der Waals surface area contributed by atoms with Gasteiger partial charge in [-0.2, -0.15) is 0 Å². The van der Waals surface area contributed by atoms with Gasteiger partial charge in [0, 0.05) is 11.8 Å². The summed E-state index contributed by atoms with van der Waals surface area (Å²) < 4.78 is 16.9. The highest BCUT2D eigenvalue weighted by Gasteiger charge is 2.42. The maximum absolute atomic E-state index is 5.73. The number of hydrogen-bond donors (Lipinski definition) is 0. The van der Waals surface area contributed by atoms with Crippen LogP contribution in [0.3, 0.4) is 0 Å². The van der Waals surface area contributed by atoms with Gasteiger partial charge in [0.05, 0.1) is 19.3 Å². The molecule has 13 heavy (non-hydrogen) atoms. The average Bonchev–Trinajstić information content (AvgIpc) is 2.40. The molecule has 2 aliphatic rings. The number of halogens is 1. The van der Waals surface area contributed by atoms with Crippen molar-refractivity contribution in [1.29, 1.82) is 0 Å². The lowest BCUT2D eigenvalue weighted by atomic mass is 10.2. The highest BCUT2D eigenvalue weighted by Crippen LogP contribution is 2.33. The Labute approximate surface area is 86.9 Å². The van der Waals surface area contributed by atoms with Crippen molar-refractivity contribution in [2.24, 2.45) is 0 Å². The molecule has 2 saturated heterocycles. The van der Waals surface area contributed by atoms with Gasteiger partial charge in [0.1, 0.15) is 0 Å². The van der Waals surface area contributed by atoms with E-state index in [-0.39, 0.29) is 6.10 Å². The standard InChI is InChI=1S/C9H15BrO3/c10-6-8-7-12-9(13-8)4-2-1-3-5-11-9/h8H,1-7H2. The molecule has 1 spiro atoms. The molecular weight excluding hydrogens is 236 g/mol. The van der Waals surface area contributed by atoms with E-state index < -0.39 is 5.97 Å². The van der Waals surface area contributed by atoms with Gasteiger partial charge in [0.2, 0.25) is 0 Å². The first kappa shape index (κ1) is 9.90. The quantitative estimate of drug-likeness (QED) is 0.667. The highest BCUT2D eigenvalue weighted by atomic mass is 79.9. The second-order valence-corrected chi connectivity index (χ2v) is 4.19. The summed E-state index contributed by atoms with van der Waals surface area (Å²) in [5.74, 6) is -0.699. The Balaban J connectivity index is 1.95. The fourth-order valence-electron chi connectivity index (χ4n) is 1.74. The van der Waals surface area contributed by atoms with E-state index in [0.29, 0.717) is 6.61 Å². The molecule has 0 saturated carbocycles. The normalized spacial score (nSPS) is 40.8. The molecule has 2 unspecified atom stereocenters. The van der Waals surface area contributed by atoms with Gasteiger partial charge in [0.25, 0.3) is 5.97 Å². The third-order valence-corrected chi connectivity index (χ3v) is 3.18. The van der Waals surface area contributed by atoms with Crippen LogP contribution in [0.4, 0.5) is 0 Å². The third-order valence-electron chi connectivity index (χ3n) is 2.46. The third kappa shape index (κ3) is 2.24. The van der Waals surface area contributed by atoms with Crippen LogP contribution in [0.25, 0.3) is 0 Å². The van der Waals surface area contributed by atoms with Crippen molar-refractivity contribution in [2.45, 2.75) is 37.8 Å². The minimum Gasteiger partial charge on any atom is -0.327 e. The van der Waals surface area contributed by atoms with E-state index in [1.54, 1.807) is 0 Å². The summed E-state index contributed by atoms with van der Waals surface area (Å²) in [7, 11) is 0. The second kappa shape index (κ2) is 4.26. The minimum atomic E-state index is -0.699. The largest absolute Gasteiger partial charge is 0.327 e. The molecule has 2 atom stereocenters. The van der Waals surface area contributed by atoms with Crippen molar-refractivity contribution >= 4 is 15.9 Å². The lowest BCUT2D eigenvalue weighted by Gasteiger charge is -2.25. The predicted molar refractivity (Wildman–Crippen MR) is 51.8 cm³/mol. The molecule has 0 aromatic rings. The van der Waals surface area contributed by atoms with Gasteiger partial charge >= 0.3 is 0 Å². The summed E-state index contributed by atoms with van der Waals surface area (Å²) >= 11 is 3.39. The van der Waals surface area contributed by atoms with Crippen molar-refractivity contribution in [1.82, 2.24) is 0 Å². The summed E-state index contributed by atoms with van der Waals surface area (Å²) in [5, 5.41) is 0.818. The van der Waals surface area contributed by atoms with Crippen LogP contribution in [0.5, 0.6) is 0 Å². The van der Waals surface area contributed by atoms with Crippen LogP contribution in [0.15, 0.2) is 0 Å². The van der Waals surface area contributed by atoms with Crippen LogP contribution in [0.2, 0.25) is 0 Å². The first-order valence-corrected chi connectivity index (χ1v) is 5.98. The van der Waals surface area contributed by atoms with E-state index in [1.807, 2.05) is 0 Å². The molecule has 2 heterocycles. The molecule has 2 fully saturated rings. The SMILES string of the molecule is BrCC1COC2(CCCCCO2)O1. The Kier molecular flexibility index (Phi) is 3.24. The summed E-state index contributed by atoms with van der Waals surface area (Å²) in [5.41, 5.74) is 0. The van der Waals surface area contributed by atoms with E-state index in [4.69, 9.17) is 14.2 Å². The van der Waals surface area contributed by atoms with Crippen LogP contribution in [0, 0.1) is 0 Å². The Morgan fingerprint density at radius 2 is 2.15 bits per heavy atom. The maximum atomic E-state index is 5.73. The van der Waals surface area contributed by atoms with Crippen LogP contribution < -0.4 is 0 Å². The molecular formula is C9H15BrO3. The van der Waals surface area contributed by atoms with Crippen LogP contribution in [-0.2, 0) is 14.2 Å². The van der Waals surface area contributed by atoms with Crippen molar-refractivity contribution in [3.05, 3.63) is 0 Å². The van der Waals surface area contributed by atoms with Crippen LogP contribution in [0.1, 0.15) is 25.7 Å². The van der Waals surface area contributed by atoms with E-state index in [9.17, 15) is 0 Å². The summed E-state index contributed by atoms with van der Waals surface area (Å²) in [6, 6.07) is 0. The molecule has 0 radical (unpaired) electrons. The second-order valence-electron chi connectivity index (χ2n) is 3.55. The summed E-state index contributed by atoms with van der Waals surface area (Å²) in [6.07, 6.45) is 4.49. The smallest absolute Gasteiger partial charge is 0.283 e. The van der Waals surface area contributed by atoms with E-state index >= 15 is 0 Å². The number of rotatable bonds is 1. The molecule has 0 bridgehead atoms. The van der Waals surface area contributed by atoms with Gasteiger partial charge in [-0.15, -0.1) is 0 Å². The van der Waals surface area contributed by atoms with Gasteiger partial charge in [-0.1, -0.05) is 22.4 Å². The number of alkyl halides is 1. The molecule has 0 amide bonds. The molecule has 0 N–H and O–H groups in total. The van der Waals surface area contributed by atoms with Gasteiger partial charge in [-0.25, -0.2) is 0 Å². The Morgan fingerprint density at radius 1 is 1.23 bits per heavy atom. The average molecular weight is 251 g/mol. The van der Waals surface area contributed by atoms with Gasteiger partial charge in [0.15, 0.2) is 0 Å². The lowest BCUT2D eigenvalue weighted by Crippen LogP contribution is -2.34. The van der Waals surface area contributed by atoms with Gasteiger partial charge in [-0.3, -0.25) is 0 Å². The fourth-order valence-corrected chi connectivity index (χ4v) is 2.06. The van der Waals surface area contributed by atoms with Crippen molar-refractivity contribution in [3.63, 3.8) is 0 Å². The van der Waals surface area contributed by atoms with Crippen LogP contribution in [-0.4, -0.2) is 30.6 Å². The molecule has 76 valence electrons. The molecule has 0 aromatic heterocycles. The number of hydrogen-bond acceptors (Lipinski definition) is 3.